The molecule has 0 atom stereocenters. The summed E-state index contributed by atoms with van der Waals surface area (Å²) in [7, 11) is 0. The summed E-state index contributed by atoms with van der Waals surface area (Å²) in [4.78, 5) is 6.48. The molecular weight excluding hydrogens is 348 g/mol. The Morgan fingerprint density at radius 3 is 2.31 bits per heavy atom. The molecule has 0 unspecified atom stereocenters. The van der Waals surface area contributed by atoms with Crippen LogP contribution >= 0.6 is 11.3 Å². The second kappa shape index (κ2) is 7.18. The smallest absolute Gasteiger partial charge is 0.124 e. The van der Waals surface area contributed by atoms with Crippen molar-refractivity contribution in [1.29, 1.82) is 0 Å². The van der Waals surface area contributed by atoms with Crippen molar-refractivity contribution in [3.8, 4) is 11.1 Å². The molecule has 1 nitrogen and oxygen atoms in total. The quantitative estimate of drug-likeness (QED) is 0.403. The van der Waals surface area contributed by atoms with E-state index < -0.39 is 0 Å². The highest BCUT2D eigenvalue weighted by Crippen LogP contribution is 2.38. The first-order chi connectivity index (χ1) is 12.7. The van der Waals surface area contributed by atoms with E-state index in [1.165, 1.54) is 24.3 Å². The van der Waals surface area contributed by atoms with Crippen molar-refractivity contribution in [1.82, 2.24) is 4.98 Å². The van der Waals surface area contributed by atoms with Crippen molar-refractivity contribution in [2.24, 2.45) is 0 Å². The Balaban J connectivity index is 1.72. The summed E-state index contributed by atoms with van der Waals surface area (Å²) in [6.07, 6.45) is 6.61. The lowest BCUT2D eigenvalue weighted by Gasteiger charge is -2.02. The molecule has 0 aliphatic heterocycles. The van der Waals surface area contributed by atoms with E-state index in [2.05, 4.69) is 17.1 Å². The Morgan fingerprint density at radius 1 is 0.885 bits per heavy atom. The Labute approximate surface area is 154 Å². The lowest BCUT2D eigenvalue weighted by Crippen LogP contribution is -1.82. The first kappa shape index (κ1) is 16.6. The lowest BCUT2D eigenvalue weighted by molar-refractivity contribution is 0.627. The van der Waals surface area contributed by atoms with Gasteiger partial charge in [-0.25, -0.2) is 13.8 Å². The van der Waals surface area contributed by atoms with Crippen LogP contribution in [0.1, 0.15) is 10.4 Å². The Kier molecular flexibility index (Phi) is 4.59. The summed E-state index contributed by atoms with van der Waals surface area (Å²) in [5, 5.41) is 1.06. The molecule has 0 aliphatic carbocycles. The van der Waals surface area contributed by atoms with E-state index in [1.807, 2.05) is 12.1 Å². The average Bonchev–Trinajstić information content (AvgIpc) is 3.02. The minimum Gasteiger partial charge on any atom is -0.245 e. The summed E-state index contributed by atoms with van der Waals surface area (Å²) >= 11 is 1.61. The van der Waals surface area contributed by atoms with Crippen LogP contribution in [0.5, 0.6) is 0 Å². The first-order valence-electron chi connectivity index (χ1n) is 8.25. The zero-order valence-electron chi connectivity index (χ0n) is 13.8. The van der Waals surface area contributed by atoms with Gasteiger partial charge in [-0.2, -0.15) is 0 Å². The zero-order valence-corrected chi connectivity index (χ0v) is 14.6. The molecule has 0 spiro atoms. The van der Waals surface area contributed by atoms with Crippen molar-refractivity contribution in [3.05, 3.63) is 95.0 Å². The number of benzene rings is 2. The average molecular weight is 363 g/mol. The van der Waals surface area contributed by atoms with Gasteiger partial charge >= 0.3 is 0 Å². The van der Waals surface area contributed by atoms with Crippen molar-refractivity contribution in [2.75, 3.05) is 0 Å². The Bertz CT molecular complexity index is 1060. The fraction of sp³-hybridized carbons (Fsp3) is 0.0455. The molecule has 2 heterocycles. The maximum Gasteiger partial charge on any atom is 0.124 e. The highest BCUT2D eigenvalue weighted by atomic mass is 32.1. The number of pyridine rings is 1. The van der Waals surface area contributed by atoms with E-state index >= 15 is 0 Å². The number of aromatic nitrogens is 1. The summed E-state index contributed by atoms with van der Waals surface area (Å²) in [6, 6.07) is 17.0. The van der Waals surface area contributed by atoms with Gasteiger partial charge in [0.05, 0.1) is 0 Å². The van der Waals surface area contributed by atoms with Gasteiger partial charge in [-0.15, -0.1) is 11.3 Å². The highest BCUT2D eigenvalue weighted by Gasteiger charge is 2.13. The number of thiophene rings is 1. The maximum atomic E-state index is 13.3. The molecule has 2 aromatic carbocycles. The second-order valence-corrected chi connectivity index (χ2v) is 6.97. The predicted molar refractivity (Wildman–Crippen MR) is 104 cm³/mol. The van der Waals surface area contributed by atoms with Gasteiger partial charge in [-0.3, -0.25) is 0 Å². The molecule has 2 aromatic heterocycles. The van der Waals surface area contributed by atoms with Crippen LogP contribution in [-0.2, 0) is 6.42 Å². The van der Waals surface area contributed by atoms with Crippen LogP contribution < -0.4 is 0 Å². The normalized spacial score (nSPS) is 11.5. The molecule has 0 saturated heterocycles. The van der Waals surface area contributed by atoms with Crippen LogP contribution in [0.3, 0.4) is 0 Å². The predicted octanol–water partition coefficient (Wildman–Crippen LogP) is 6.50. The van der Waals surface area contributed by atoms with Crippen molar-refractivity contribution in [3.63, 3.8) is 0 Å². The summed E-state index contributed by atoms with van der Waals surface area (Å²) in [5.41, 5.74) is 3.07. The van der Waals surface area contributed by atoms with Gasteiger partial charge in [0, 0.05) is 22.0 Å². The molecule has 0 aliphatic rings. The van der Waals surface area contributed by atoms with Gasteiger partial charge in [0.25, 0.3) is 0 Å². The third-order valence-corrected chi connectivity index (χ3v) is 5.24. The van der Waals surface area contributed by atoms with Crippen LogP contribution in [0.25, 0.3) is 27.4 Å². The zero-order chi connectivity index (χ0) is 17.9. The standard InChI is InChI=1S/C22H15F2NS/c23-17-10-6-15(7-11-17)3-1-5-20-21(16-8-12-18(24)13-9-16)19-4-2-14-25-22(19)26-20/h1-2,4-14H,3H2/b5-1+. The van der Waals surface area contributed by atoms with E-state index in [1.54, 1.807) is 41.8 Å². The monoisotopic (exact) mass is 363 g/mol. The van der Waals surface area contributed by atoms with Gasteiger partial charge in [-0.1, -0.05) is 30.3 Å². The molecule has 26 heavy (non-hydrogen) atoms. The SMILES string of the molecule is Fc1ccc(C/C=C/c2sc3ncccc3c2-c2ccc(F)cc2)cc1. The van der Waals surface area contributed by atoms with Crippen molar-refractivity contribution in [2.45, 2.75) is 6.42 Å². The largest absolute Gasteiger partial charge is 0.245 e. The minimum atomic E-state index is -0.250. The van der Waals surface area contributed by atoms with Gasteiger partial charge in [0.2, 0.25) is 0 Å². The number of halogens is 2. The van der Waals surface area contributed by atoms with Gasteiger partial charge < -0.3 is 0 Å². The molecule has 4 aromatic rings. The van der Waals surface area contributed by atoms with Crippen LogP contribution in [0.15, 0.2) is 72.9 Å². The molecule has 0 radical (unpaired) electrons. The van der Waals surface area contributed by atoms with Crippen LogP contribution in [0, 0.1) is 11.6 Å². The summed E-state index contributed by atoms with van der Waals surface area (Å²) in [6.45, 7) is 0. The number of hydrogen-bond donors (Lipinski definition) is 0. The first-order valence-corrected chi connectivity index (χ1v) is 9.07. The number of allylic oxidation sites excluding steroid dienone is 1. The van der Waals surface area contributed by atoms with Crippen LogP contribution in [0.2, 0.25) is 0 Å². The fourth-order valence-electron chi connectivity index (χ4n) is 2.90. The topological polar surface area (TPSA) is 12.9 Å². The molecule has 0 amide bonds. The van der Waals surface area contributed by atoms with E-state index in [-0.39, 0.29) is 11.6 Å². The maximum absolute atomic E-state index is 13.3. The third-order valence-electron chi connectivity index (χ3n) is 4.16. The fourth-order valence-corrected chi connectivity index (χ4v) is 4.00. The number of nitrogens with zero attached hydrogens (tertiary/aromatic N) is 1. The molecule has 4 heteroatoms. The third kappa shape index (κ3) is 3.41. The van der Waals surface area contributed by atoms with Crippen LogP contribution in [0.4, 0.5) is 8.78 Å². The molecular formula is C22H15F2NS. The lowest BCUT2D eigenvalue weighted by atomic mass is 10.0. The number of hydrogen-bond acceptors (Lipinski definition) is 2. The molecule has 0 fully saturated rings. The molecule has 0 bridgehead atoms. The van der Waals surface area contributed by atoms with E-state index in [0.717, 1.165) is 31.8 Å². The van der Waals surface area contributed by atoms with Gasteiger partial charge in [-0.05, 0) is 60.0 Å². The van der Waals surface area contributed by atoms with Crippen molar-refractivity contribution >= 4 is 27.6 Å². The van der Waals surface area contributed by atoms with Crippen molar-refractivity contribution < 1.29 is 8.78 Å². The summed E-state index contributed by atoms with van der Waals surface area (Å²) < 4.78 is 26.3. The Morgan fingerprint density at radius 2 is 1.58 bits per heavy atom. The molecule has 128 valence electrons. The highest BCUT2D eigenvalue weighted by molar-refractivity contribution is 7.20. The Hall–Kier alpha value is -2.85. The van der Waals surface area contributed by atoms with E-state index in [9.17, 15) is 8.78 Å². The van der Waals surface area contributed by atoms with E-state index in [0.29, 0.717) is 6.42 Å². The molecule has 0 saturated carbocycles. The van der Waals surface area contributed by atoms with Gasteiger partial charge in [0.15, 0.2) is 0 Å². The van der Waals surface area contributed by atoms with Crippen LogP contribution in [-0.4, -0.2) is 4.98 Å². The molecule has 4 rings (SSSR count). The number of fused-ring (bicyclic) bond motifs is 1. The molecule has 0 N–H and O–H groups in total. The summed E-state index contributed by atoms with van der Waals surface area (Å²) in [5.74, 6) is -0.480. The number of rotatable bonds is 4. The van der Waals surface area contributed by atoms with E-state index in [4.69, 9.17) is 0 Å². The minimum absolute atomic E-state index is 0.230. The van der Waals surface area contributed by atoms with Gasteiger partial charge in [0.1, 0.15) is 16.5 Å². The second-order valence-electron chi connectivity index (χ2n) is 5.94.